The van der Waals surface area contributed by atoms with Crippen LogP contribution in [0, 0.1) is 0 Å². The van der Waals surface area contributed by atoms with E-state index in [0.717, 1.165) is 18.5 Å². The van der Waals surface area contributed by atoms with E-state index in [1.165, 1.54) is 0 Å². The van der Waals surface area contributed by atoms with E-state index >= 15 is 0 Å². The molecule has 0 aliphatic rings. The molecule has 1 aromatic heterocycles. The third-order valence-electron chi connectivity index (χ3n) is 2.62. The zero-order valence-electron chi connectivity index (χ0n) is 11.7. The van der Waals surface area contributed by atoms with E-state index in [1.807, 2.05) is 6.92 Å². The zero-order valence-corrected chi connectivity index (χ0v) is 11.7. The van der Waals surface area contributed by atoms with Gasteiger partial charge in [0.2, 0.25) is 0 Å². The SMILES string of the molecule is CCCc1cc(C(=O)N(CC)CC(C)(C)O)n[nH]1. The Morgan fingerprint density at radius 3 is 2.67 bits per heavy atom. The van der Waals surface area contributed by atoms with Crippen LogP contribution in [0.25, 0.3) is 0 Å². The molecule has 0 atom stereocenters. The number of aromatic amines is 1. The standard InChI is InChI=1S/C13H23N3O2/c1-5-7-10-8-11(15-14-10)12(17)16(6-2)9-13(3,4)18/h8,18H,5-7,9H2,1-4H3,(H,14,15). The normalized spacial score (nSPS) is 11.6. The third kappa shape index (κ3) is 4.14. The molecule has 5 heteroatoms. The summed E-state index contributed by atoms with van der Waals surface area (Å²) in [6.45, 7) is 8.21. The van der Waals surface area contributed by atoms with Gasteiger partial charge in [-0.2, -0.15) is 5.10 Å². The minimum Gasteiger partial charge on any atom is -0.389 e. The minimum absolute atomic E-state index is 0.141. The molecule has 0 radical (unpaired) electrons. The van der Waals surface area contributed by atoms with Crippen molar-refractivity contribution in [1.29, 1.82) is 0 Å². The van der Waals surface area contributed by atoms with Gasteiger partial charge >= 0.3 is 0 Å². The number of aryl methyl sites for hydroxylation is 1. The Bertz CT molecular complexity index is 393. The number of nitrogens with zero attached hydrogens (tertiary/aromatic N) is 2. The highest BCUT2D eigenvalue weighted by atomic mass is 16.3. The van der Waals surface area contributed by atoms with Gasteiger partial charge in [-0.05, 0) is 33.3 Å². The van der Waals surface area contributed by atoms with Crippen LogP contribution < -0.4 is 0 Å². The average molecular weight is 253 g/mol. The highest BCUT2D eigenvalue weighted by Gasteiger charge is 2.23. The summed E-state index contributed by atoms with van der Waals surface area (Å²) < 4.78 is 0. The number of hydrogen-bond acceptors (Lipinski definition) is 3. The predicted molar refractivity (Wildman–Crippen MR) is 70.5 cm³/mol. The van der Waals surface area contributed by atoms with Crippen molar-refractivity contribution in [2.24, 2.45) is 0 Å². The number of H-pyrrole nitrogens is 1. The minimum atomic E-state index is -0.895. The van der Waals surface area contributed by atoms with Crippen LogP contribution in [-0.4, -0.2) is 44.8 Å². The first-order valence-corrected chi connectivity index (χ1v) is 6.43. The van der Waals surface area contributed by atoms with Crippen molar-refractivity contribution in [1.82, 2.24) is 15.1 Å². The first-order valence-electron chi connectivity index (χ1n) is 6.43. The number of carbonyl (C=O) groups is 1. The van der Waals surface area contributed by atoms with E-state index in [-0.39, 0.29) is 5.91 Å². The first-order chi connectivity index (χ1) is 8.37. The van der Waals surface area contributed by atoms with E-state index in [9.17, 15) is 9.90 Å². The van der Waals surface area contributed by atoms with Crippen LogP contribution in [-0.2, 0) is 6.42 Å². The van der Waals surface area contributed by atoms with Crippen molar-refractivity contribution in [3.8, 4) is 0 Å². The molecule has 0 saturated heterocycles. The summed E-state index contributed by atoms with van der Waals surface area (Å²) in [6, 6.07) is 1.79. The molecule has 0 aliphatic carbocycles. The molecule has 0 fully saturated rings. The van der Waals surface area contributed by atoms with Gasteiger partial charge in [-0.15, -0.1) is 0 Å². The van der Waals surface area contributed by atoms with Crippen LogP contribution in [0.2, 0.25) is 0 Å². The fraction of sp³-hybridized carbons (Fsp3) is 0.692. The van der Waals surface area contributed by atoms with Crippen LogP contribution in [0.5, 0.6) is 0 Å². The molecule has 1 heterocycles. The lowest BCUT2D eigenvalue weighted by molar-refractivity contribution is 0.0311. The molecular formula is C13H23N3O2. The van der Waals surface area contributed by atoms with Crippen LogP contribution >= 0.6 is 0 Å². The Balaban J connectivity index is 2.76. The molecule has 0 unspecified atom stereocenters. The second-order valence-corrected chi connectivity index (χ2v) is 5.16. The lowest BCUT2D eigenvalue weighted by atomic mass is 10.1. The van der Waals surface area contributed by atoms with Gasteiger partial charge < -0.3 is 10.0 Å². The highest BCUT2D eigenvalue weighted by Crippen LogP contribution is 2.10. The summed E-state index contributed by atoms with van der Waals surface area (Å²) in [7, 11) is 0. The molecule has 2 N–H and O–H groups in total. The van der Waals surface area contributed by atoms with Crippen LogP contribution in [0.1, 0.15) is 50.3 Å². The summed E-state index contributed by atoms with van der Waals surface area (Å²) in [4.78, 5) is 13.8. The number of hydrogen-bond donors (Lipinski definition) is 2. The number of nitrogens with one attached hydrogen (secondary N) is 1. The van der Waals surface area contributed by atoms with Crippen LogP contribution in [0.4, 0.5) is 0 Å². The summed E-state index contributed by atoms with van der Waals surface area (Å²) in [6.07, 6.45) is 1.90. The maximum Gasteiger partial charge on any atom is 0.274 e. The maximum atomic E-state index is 12.2. The largest absolute Gasteiger partial charge is 0.389 e. The summed E-state index contributed by atoms with van der Waals surface area (Å²) >= 11 is 0. The van der Waals surface area contributed by atoms with Gasteiger partial charge in [0.1, 0.15) is 5.69 Å². The molecule has 0 aromatic carbocycles. The quantitative estimate of drug-likeness (QED) is 0.809. The van der Waals surface area contributed by atoms with E-state index < -0.39 is 5.60 Å². The number of likely N-dealkylation sites (N-methyl/N-ethyl adjacent to an activating group) is 1. The number of aromatic nitrogens is 2. The average Bonchev–Trinajstić information content (AvgIpc) is 2.73. The Morgan fingerprint density at radius 1 is 1.50 bits per heavy atom. The van der Waals surface area contributed by atoms with Gasteiger partial charge in [-0.3, -0.25) is 9.89 Å². The highest BCUT2D eigenvalue weighted by molar-refractivity contribution is 5.92. The van der Waals surface area contributed by atoms with Gasteiger partial charge in [-0.1, -0.05) is 13.3 Å². The molecule has 102 valence electrons. The zero-order chi connectivity index (χ0) is 13.8. The van der Waals surface area contributed by atoms with E-state index in [2.05, 4.69) is 17.1 Å². The van der Waals surface area contributed by atoms with Gasteiger partial charge in [0, 0.05) is 18.8 Å². The molecule has 18 heavy (non-hydrogen) atoms. The van der Waals surface area contributed by atoms with Crippen molar-refractivity contribution >= 4 is 5.91 Å². The summed E-state index contributed by atoms with van der Waals surface area (Å²) in [5, 5.41) is 16.7. The third-order valence-corrected chi connectivity index (χ3v) is 2.62. The number of amides is 1. The van der Waals surface area contributed by atoms with Crippen molar-refractivity contribution in [3.63, 3.8) is 0 Å². The van der Waals surface area contributed by atoms with Crippen LogP contribution in [0.3, 0.4) is 0 Å². The molecule has 5 nitrogen and oxygen atoms in total. The fourth-order valence-corrected chi connectivity index (χ4v) is 1.82. The van der Waals surface area contributed by atoms with Crippen molar-refractivity contribution in [2.45, 2.75) is 46.1 Å². The van der Waals surface area contributed by atoms with Gasteiger partial charge in [-0.25, -0.2) is 0 Å². The maximum absolute atomic E-state index is 12.2. The van der Waals surface area contributed by atoms with E-state index in [1.54, 1.807) is 24.8 Å². The van der Waals surface area contributed by atoms with Crippen LogP contribution in [0.15, 0.2) is 6.07 Å². The first kappa shape index (κ1) is 14.7. The Hall–Kier alpha value is -1.36. The number of rotatable bonds is 6. The Kier molecular flexibility index (Phi) is 4.90. The summed E-state index contributed by atoms with van der Waals surface area (Å²) in [5.41, 5.74) is 0.499. The lowest BCUT2D eigenvalue weighted by Gasteiger charge is -2.27. The van der Waals surface area contributed by atoms with Crippen molar-refractivity contribution < 1.29 is 9.90 Å². The second kappa shape index (κ2) is 6.00. The number of aliphatic hydroxyl groups is 1. The smallest absolute Gasteiger partial charge is 0.274 e. The van der Waals surface area contributed by atoms with Gasteiger partial charge in [0.15, 0.2) is 0 Å². The summed E-state index contributed by atoms with van der Waals surface area (Å²) in [5.74, 6) is -0.141. The van der Waals surface area contributed by atoms with Crippen molar-refractivity contribution in [3.05, 3.63) is 17.5 Å². The van der Waals surface area contributed by atoms with E-state index in [0.29, 0.717) is 18.8 Å². The predicted octanol–water partition coefficient (Wildman–Crippen LogP) is 1.60. The molecule has 0 bridgehead atoms. The topological polar surface area (TPSA) is 69.2 Å². The molecule has 0 saturated carbocycles. The monoisotopic (exact) mass is 253 g/mol. The molecule has 0 aliphatic heterocycles. The Labute approximate surface area is 108 Å². The fourth-order valence-electron chi connectivity index (χ4n) is 1.82. The molecule has 1 amide bonds. The van der Waals surface area contributed by atoms with Gasteiger partial charge in [0.05, 0.1) is 5.60 Å². The molecule has 0 spiro atoms. The van der Waals surface area contributed by atoms with E-state index in [4.69, 9.17) is 0 Å². The number of carbonyl (C=O) groups excluding carboxylic acids is 1. The van der Waals surface area contributed by atoms with Gasteiger partial charge in [0.25, 0.3) is 5.91 Å². The molecular weight excluding hydrogens is 230 g/mol. The van der Waals surface area contributed by atoms with Crippen molar-refractivity contribution in [2.75, 3.05) is 13.1 Å². The lowest BCUT2D eigenvalue weighted by Crippen LogP contribution is -2.42. The Morgan fingerprint density at radius 2 is 2.17 bits per heavy atom. The molecule has 1 aromatic rings. The molecule has 1 rings (SSSR count). The second-order valence-electron chi connectivity index (χ2n) is 5.16.